The van der Waals surface area contributed by atoms with Gasteiger partial charge in [-0.3, -0.25) is 4.79 Å². The van der Waals surface area contributed by atoms with Crippen molar-refractivity contribution in [2.45, 2.75) is 110 Å². The molecule has 0 aromatic heterocycles. The third-order valence-electron chi connectivity index (χ3n) is 3.99. The Balaban J connectivity index is -0.00000180. The van der Waals surface area contributed by atoms with Gasteiger partial charge in [0.25, 0.3) is 0 Å². The minimum atomic E-state index is -0.653. The summed E-state index contributed by atoms with van der Waals surface area (Å²) in [5.74, 6) is -0.653. The molecule has 0 rings (SSSR count). The van der Waals surface area contributed by atoms with Crippen LogP contribution in [0.4, 0.5) is 0 Å². The van der Waals surface area contributed by atoms with Gasteiger partial charge in [-0.05, 0) is 6.42 Å². The molecule has 0 fully saturated rings. The monoisotopic (exact) mass is 440 g/mol. The Morgan fingerprint density at radius 2 is 0.909 bits per heavy atom. The molecule has 0 saturated carbocycles. The molecule has 0 aromatic carbocycles. The molecule has 0 amide bonds. The predicted molar refractivity (Wildman–Crippen MR) is 95.7 cm³/mol. The van der Waals surface area contributed by atoms with Gasteiger partial charge in [-0.25, -0.2) is 0 Å². The Morgan fingerprint density at radius 1 is 0.636 bits per heavy atom. The number of aliphatic carboxylic acids is 1. The van der Waals surface area contributed by atoms with E-state index in [9.17, 15) is 4.79 Å². The molecule has 0 heterocycles. The predicted octanol–water partition coefficient (Wildman–Crippen LogP) is 5.41. The Morgan fingerprint density at radius 3 is 1.18 bits per heavy atom. The van der Waals surface area contributed by atoms with Crippen LogP contribution in [-0.2, 0) is 32.1 Å². The van der Waals surface area contributed by atoms with Crippen molar-refractivity contribution < 1.29 is 37.2 Å². The molecular weight excluding hydrogens is 401 g/mol. The van der Waals surface area contributed by atoms with Crippen LogP contribution in [0.5, 0.6) is 0 Å². The normalized spacial score (nSPS) is 9.86. The Labute approximate surface area is 188 Å². The fourth-order valence-corrected chi connectivity index (χ4v) is 2.65. The SMILES string of the molecule is CCCCCCCCCCCCCCCCCC(=O)O.[CaH2].[Cd]. The number of hydrogen-bond acceptors (Lipinski definition) is 1. The fourth-order valence-electron chi connectivity index (χ4n) is 2.65. The van der Waals surface area contributed by atoms with Crippen LogP contribution in [0.1, 0.15) is 110 Å². The quantitative estimate of drug-likeness (QED) is 0.258. The molecule has 0 radical (unpaired) electrons. The molecule has 0 aromatic rings. The molecule has 0 bridgehead atoms. The van der Waals surface area contributed by atoms with Gasteiger partial charge in [-0.1, -0.05) is 96.8 Å². The van der Waals surface area contributed by atoms with Crippen LogP contribution in [0.15, 0.2) is 0 Å². The minimum Gasteiger partial charge on any atom is 0 e. The van der Waals surface area contributed by atoms with E-state index in [4.69, 9.17) is 5.11 Å². The summed E-state index contributed by atoms with van der Waals surface area (Å²) in [6, 6.07) is 0. The topological polar surface area (TPSA) is 37.3 Å². The first-order valence-electron chi connectivity index (χ1n) is 8.99. The maximum atomic E-state index is 10.3. The summed E-state index contributed by atoms with van der Waals surface area (Å²) in [6.45, 7) is 2.27. The molecule has 2 nitrogen and oxygen atoms in total. The summed E-state index contributed by atoms with van der Waals surface area (Å²) in [5.41, 5.74) is 0. The largest absolute Gasteiger partial charge is 0 e. The summed E-state index contributed by atoms with van der Waals surface area (Å²) >= 11 is 0. The van der Waals surface area contributed by atoms with Gasteiger partial charge in [-0.15, -0.1) is 0 Å². The maximum Gasteiger partial charge on any atom is 0 e. The average Bonchev–Trinajstić information content (AvgIpc) is 2.43. The van der Waals surface area contributed by atoms with Crippen molar-refractivity contribution in [2.75, 3.05) is 0 Å². The van der Waals surface area contributed by atoms with Gasteiger partial charge in [0.05, 0.1) is 0 Å². The molecule has 126 valence electrons. The molecule has 0 atom stereocenters. The van der Waals surface area contributed by atoms with Crippen LogP contribution >= 0.6 is 0 Å². The molecule has 0 aliphatic carbocycles. The van der Waals surface area contributed by atoms with E-state index in [1.54, 1.807) is 0 Å². The van der Waals surface area contributed by atoms with Crippen LogP contribution in [0.3, 0.4) is 0 Å². The van der Waals surface area contributed by atoms with Crippen LogP contribution in [0.2, 0.25) is 0 Å². The van der Waals surface area contributed by atoms with Gasteiger partial charge in [-0.2, -0.15) is 0 Å². The van der Waals surface area contributed by atoms with E-state index in [0.29, 0.717) is 6.42 Å². The third kappa shape index (κ3) is 26.5. The van der Waals surface area contributed by atoms with Crippen molar-refractivity contribution >= 4 is 43.7 Å². The Kier molecular flexibility index (Phi) is 32.2. The number of carboxylic acids is 1. The molecule has 0 unspecified atom stereocenters. The van der Waals surface area contributed by atoms with E-state index in [2.05, 4.69) is 6.92 Å². The first-order chi connectivity index (χ1) is 9.77. The molecule has 0 aliphatic rings. The second-order valence-electron chi connectivity index (χ2n) is 6.09. The van der Waals surface area contributed by atoms with Crippen LogP contribution in [-0.4, -0.2) is 48.8 Å². The molecule has 22 heavy (non-hydrogen) atoms. The van der Waals surface area contributed by atoms with Crippen LogP contribution in [0, 0.1) is 0 Å². The number of unbranched alkanes of at least 4 members (excludes halogenated alkanes) is 14. The second kappa shape index (κ2) is 24.9. The van der Waals surface area contributed by atoms with Crippen molar-refractivity contribution in [1.29, 1.82) is 0 Å². The zero-order valence-corrected chi connectivity index (χ0v) is 18.4. The molecule has 0 spiro atoms. The first kappa shape index (κ1) is 28.5. The van der Waals surface area contributed by atoms with E-state index in [1.165, 1.54) is 83.5 Å². The van der Waals surface area contributed by atoms with Gasteiger partial charge >= 0.3 is 43.7 Å². The number of rotatable bonds is 16. The van der Waals surface area contributed by atoms with Gasteiger partial charge in [0.1, 0.15) is 0 Å². The number of hydrogen-bond donors (Lipinski definition) is 1. The van der Waals surface area contributed by atoms with E-state index >= 15 is 0 Å². The maximum absolute atomic E-state index is 10.3. The van der Waals surface area contributed by atoms with Crippen molar-refractivity contribution in [3.8, 4) is 0 Å². The summed E-state index contributed by atoms with van der Waals surface area (Å²) < 4.78 is 0. The van der Waals surface area contributed by atoms with E-state index in [-0.39, 0.29) is 65.0 Å². The summed E-state index contributed by atoms with van der Waals surface area (Å²) in [5, 5.41) is 8.52. The average molecular weight is 439 g/mol. The Bertz CT molecular complexity index is 213. The van der Waals surface area contributed by atoms with Crippen LogP contribution in [0.25, 0.3) is 0 Å². The third-order valence-corrected chi connectivity index (χ3v) is 3.99. The molecular formula is C18H38CaCdO2. The molecule has 0 saturated heterocycles. The van der Waals surface area contributed by atoms with Gasteiger partial charge in [0, 0.05) is 33.7 Å². The summed E-state index contributed by atoms with van der Waals surface area (Å²) in [4.78, 5) is 10.3. The van der Waals surface area contributed by atoms with Crippen molar-refractivity contribution in [3.05, 3.63) is 0 Å². The zero-order chi connectivity index (χ0) is 14.9. The number of carboxylic acid groups (broad SMARTS) is 1. The van der Waals surface area contributed by atoms with E-state index in [0.717, 1.165) is 12.8 Å². The van der Waals surface area contributed by atoms with E-state index < -0.39 is 5.97 Å². The second-order valence-corrected chi connectivity index (χ2v) is 6.09. The summed E-state index contributed by atoms with van der Waals surface area (Å²) in [7, 11) is 0. The standard InChI is InChI=1S/C18H36O2.Ca.Cd.2H/c1-2-3-4-5-6-7-8-9-10-11-12-13-14-15-16-17-18(19)20;;;;/h2-17H2,1H3,(H,19,20);;;;. The smallest absolute Gasteiger partial charge is 0 e. The van der Waals surface area contributed by atoms with Crippen molar-refractivity contribution in [1.82, 2.24) is 0 Å². The molecule has 4 heteroatoms. The fraction of sp³-hybridized carbons (Fsp3) is 0.944. The molecule has 0 aliphatic heterocycles. The van der Waals surface area contributed by atoms with Gasteiger partial charge < -0.3 is 5.11 Å². The van der Waals surface area contributed by atoms with Crippen molar-refractivity contribution in [3.63, 3.8) is 0 Å². The minimum absolute atomic E-state index is 0. The Hall–Kier alpha value is 1.65. The van der Waals surface area contributed by atoms with Gasteiger partial charge in [0.2, 0.25) is 0 Å². The van der Waals surface area contributed by atoms with Crippen molar-refractivity contribution in [2.24, 2.45) is 0 Å². The van der Waals surface area contributed by atoms with Gasteiger partial charge in [0.15, 0.2) is 0 Å². The zero-order valence-electron chi connectivity index (χ0n) is 14.4. The molecule has 1 N–H and O–H groups in total. The summed E-state index contributed by atoms with van der Waals surface area (Å²) in [6.07, 6.45) is 20.2. The van der Waals surface area contributed by atoms with Crippen LogP contribution < -0.4 is 0 Å². The number of carbonyl (C=O) groups is 1. The first-order valence-corrected chi connectivity index (χ1v) is 8.99. The van der Waals surface area contributed by atoms with E-state index in [1.807, 2.05) is 0 Å².